The summed E-state index contributed by atoms with van der Waals surface area (Å²) in [5.41, 5.74) is 0.0777. The minimum absolute atomic E-state index is 0.0807. The van der Waals surface area contributed by atoms with Crippen LogP contribution in [0, 0.1) is 16.0 Å². The van der Waals surface area contributed by atoms with Crippen LogP contribution in [0.25, 0.3) is 16.5 Å². The number of aliphatic hydroxyl groups excluding tert-OH is 1. The number of ether oxygens (including phenoxy) is 1. The molecular weight excluding hydrogens is 707 g/mol. The van der Waals surface area contributed by atoms with Gasteiger partial charge in [0.2, 0.25) is 5.91 Å². The highest BCUT2D eigenvalue weighted by Crippen LogP contribution is 2.60. The summed E-state index contributed by atoms with van der Waals surface area (Å²) in [6, 6.07) is 27.9. The van der Waals surface area contributed by atoms with Gasteiger partial charge in [0.25, 0.3) is 17.2 Å². The molecule has 4 aromatic carbocycles. The number of nitrogens with zero attached hydrogens (tertiary/aromatic N) is 5. The van der Waals surface area contributed by atoms with E-state index in [1.165, 1.54) is 26.6 Å². The van der Waals surface area contributed by atoms with E-state index in [1.807, 2.05) is 49.4 Å². The lowest BCUT2D eigenvalue weighted by molar-refractivity contribution is -0.385. The van der Waals surface area contributed by atoms with Crippen LogP contribution in [0.4, 0.5) is 11.4 Å². The van der Waals surface area contributed by atoms with Crippen molar-refractivity contribution in [1.82, 2.24) is 14.7 Å². The third-order valence-corrected chi connectivity index (χ3v) is 13.2. The van der Waals surface area contributed by atoms with Gasteiger partial charge in [-0.3, -0.25) is 24.5 Å². The number of aromatic nitrogens is 2. The summed E-state index contributed by atoms with van der Waals surface area (Å²) in [6.45, 7) is 5.45. The molecule has 14 heteroatoms. The molecule has 2 N–H and O–H groups in total. The van der Waals surface area contributed by atoms with Crippen molar-refractivity contribution in [1.29, 1.82) is 0 Å². The van der Waals surface area contributed by atoms with Gasteiger partial charge in [-0.15, -0.1) is 0 Å². The molecule has 54 heavy (non-hydrogen) atoms. The Morgan fingerprint density at radius 1 is 1.00 bits per heavy atom. The Kier molecular flexibility index (Phi) is 9.79. The number of hydrogen-bond acceptors (Lipinski definition) is 9. The van der Waals surface area contributed by atoms with Gasteiger partial charge in [-0.2, -0.15) is 9.78 Å². The van der Waals surface area contributed by atoms with Crippen LogP contribution in [0.1, 0.15) is 30.0 Å². The molecule has 2 aliphatic heterocycles. The zero-order valence-corrected chi connectivity index (χ0v) is 31.2. The first kappa shape index (κ1) is 36.8. The topological polar surface area (TPSA) is 168 Å². The van der Waals surface area contributed by atoms with Gasteiger partial charge < -0.3 is 24.4 Å². The van der Waals surface area contributed by atoms with Crippen molar-refractivity contribution in [2.45, 2.75) is 56.8 Å². The van der Waals surface area contributed by atoms with Gasteiger partial charge in [-0.05, 0) is 48.5 Å². The van der Waals surface area contributed by atoms with E-state index in [1.54, 1.807) is 61.8 Å². The Hall–Kier alpha value is -5.54. The highest BCUT2D eigenvalue weighted by molar-refractivity contribution is 6.71. The molecule has 0 bridgehead atoms. The summed E-state index contributed by atoms with van der Waals surface area (Å²) in [5.74, 6) is -1.42. The van der Waals surface area contributed by atoms with Crippen molar-refractivity contribution >= 4 is 42.3 Å². The molecule has 13 nitrogen and oxygen atoms in total. The van der Waals surface area contributed by atoms with E-state index in [9.17, 15) is 34.4 Å². The number of hydrogen-bond donors (Lipinski definition) is 2. The smallest absolute Gasteiger partial charge is 0.279 e. The van der Waals surface area contributed by atoms with E-state index in [0.29, 0.717) is 27.9 Å². The molecule has 1 fully saturated rings. The highest BCUT2D eigenvalue weighted by atomic mass is 28.4. The molecular formula is C40H41N5O8Si. The Balaban J connectivity index is 1.22. The number of rotatable bonds is 11. The van der Waals surface area contributed by atoms with E-state index in [0.717, 1.165) is 10.9 Å². The molecule has 2 aliphatic rings. The lowest BCUT2D eigenvalue weighted by Gasteiger charge is -2.32. The van der Waals surface area contributed by atoms with Gasteiger partial charge in [0.1, 0.15) is 0 Å². The van der Waals surface area contributed by atoms with Crippen LogP contribution < -0.4 is 10.5 Å². The second-order valence-electron chi connectivity index (χ2n) is 14.6. The summed E-state index contributed by atoms with van der Waals surface area (Å²) < 4.78 is 8.10. The van der Waals surface area contributed by atoms with Gasteiger partial charge in [-0.25, -0.2) is 0 Å². The number of non-ortho nitro benzene ring substituents is 1. The van der Waals surface area contributed by atoms with Gasteiger partial charge in [-0.1, -0.05) is 67.6 Å². The van der Waals surface area contributed by atoms with Crippen molar-refractivity contribution in [2.75, 3.05) is 18.1 Å². The lowest BCUT2D eigenvalue weighted by Crippen LogP contribution is -2.46. The van der Waals surface area contributed by atoms with Gasteiger partial charge in [0.05, 0.1) is 53.6 Å². The normalized spacial score (nSPS) is 20.8. The number of benzene rings is 4. The first-order valence-electron chi connectivity index (χ1n) is 17.8. The quantitative estimate of drug-likeness (QED) is 0.107. The Labute approximate surface area is 312 Å². The fourth-order valence-corrected chi connectivity index (χ4v) is 10.8. The molecule has 2 amide bonds. The first-order valence-corrected chi connectivity index (χ1v) is 20.9. The predicted molar refractivity (Wildman–Crippen MR) is 204 cm³/mol. The van der Waals surface area contributed by atoms with Crippen molar-refractivity contribution < 1.29 is 29.2 Å². The monoisotopic (exact) mass is 747 g/mol. The Morgan fingerprint density at radius 3 is 2.39 bits per heavy atom. The minimum Gasteiger partial charge on any atom is -0.432 e. The Morgan fingerprint density at radius 2 is 1.70 bits per heavy atom. The zero-order chi connectivity index (χ0) is 38.4. The average molecular weight is 748 g/mol. The summed E-state index contributed by atoms with van der Waals surface area (Å²) in [5, 5.41) is 27.5. The van der Waals surface area contributed by atoms with E-state index >= 15 is 0 Å². The molecule has 1 saturated heterocycles. The molecule has 1 spiro atoms. The molecule has 7 rings (SSSR count). The van der Waals surface area contributed by atoms with Crippen LogP contribution in [0.5, 0.6) is 0 Å². The number of nitro benzene ring substituents is 1. The number of carbonyl (C=O) groups excluding carboxylic acids is 2. The summed E-state index contributed by atoms with van der Waals surface area (Å²) in [4.78, 5) is 68.3. The first-order chi connectivity index (χ1) is 25.8. The van der Waals surface area contributed by atoms with E-state index in [2.05, 4.69) is 5.10 Å². The molecule has 0 aliphatic carbocycles. The Bertz CT molecular complexity index is 2290. The fraction of sp³-hybridized carbons (Fsp3) is 0.300. The number of aliphatic hydroxyl groups is 1. The number of fused-ring (bicyclic) bond motifs is 3. The zero-order valence-electron chi connectivity index (χ0n) is 30.2. The van der Waals surface area contributed by atoms with Gasteiger partial charge in [0.15, 0.2) is 13.9 Å². The van der Waals surface area contributed by atoms with Crippen LogP contribution in [0.2, 0.25) is 18.6 Å². The largest absolute Gasteiger partial charge is 0.432 e. The molecule has 0 radical (unpaired) electrons. The molecule has 1 aromatic heterocycles. The predicted octanol–water partition coefficient (Wildman–Crippen LogP) is 5.05. The second-order valence-corrected chi connectivity index (χ2v) is 18.5. The number of amides is 2. The van der Waals surface area contributed by atoms with Crippen molar-refractivity contribution in [3.8, 4) is 5.69 Å². The molecule has 4 atom stereocenters. The molecule has 3 heterocycles. The summed E-state index contributed by atoms with van der Waals surface area (Å²) >= 11 is 0. The fourth-order valence-electron chi connectivity index (χ4n) is 8.25. The summed E-state index contributed by atoms with van der Waals surface area (Å²) in [7, 11) is -3.16. The van der Waals surface area contributed by atoms with Gasteiger partial charge in [0, 0.05) is 47.6 Å². The molecule has 278 valence electrons. The van der Waals surface area contributed by atoms with Crippen LogP contribution >= 0.6 is 0 Å². The number of carbonyl (C=O) groups is 2. The van der Waals surface area contributed by atoms with E-state index in [4.69, 9.17) is 4.74 Å². The molecule has 0 saturated carbocycles. The third-order valence-electron chi connectivity index (χ3n) is 10.7. The maximum absolute atomic E-state index is 14.9. The van der Waals surface area contributed by atoms with E-state index < -0.39 is 42.3 Å². The molecule has 5 aromatic rings. The lowest BCUT2D eigenvalue weighted by atomic mass is 9.82. The standard InChI is InChI=1S/C40H41N5O8Si/c1-26-37(54(2,3)52)35(22-36(47)42(19-20-46)24-27-9-5-4-6-10-27)53-40(26)33-21-31(45(50)51)17-18-34(33)43(39(40)49)25-28-13-15-30(16-14-28)44-38(48)32-12-8-7-11-29(32)23-41-44/h4-18,21,23,26,35,37,46,52H,19-20,22,24-25H2,1-3H3/t26-,35+,37-,40+/m0/s1. The second kappa shape index (κ2) is 14.4. The third kappa shape index (κ3) is 6.51. The average Bonchev–Trinajstić information content (AvgIpc) is 3.58. The molecule has 0 unspecified atom stereocenters. The van der Waals surface area contributed by atoms with Crippen LogP contribution in [0.15, 0.2) is 108 Å². The minimum atomic E-state index is -3.16. The number of anilines is 1. The highest BCUT2D eigenvalue weighted by Gasteiger charge is 2.66. The SMILES string of the molecule is C[C@H]1[C@H]([Si](C)(C)O)[C@@H](CC(=O)N(CCO)Cc2ccccc2)O[C@]12C(=O)N(Cc1ccc(-n3ncc4ccccc4c3=O)cc1)c1ccc([N+](=O)[O-])cc12. The van der Waals surface area contributed by atoms with Crippen molar-refractivity contribution in [3.63, 3.8) is 0 Å². The van der Waals surface area contributed by atoms with E-state index in [-0.39, 0.29) is 49.8 Å². The number of nitro groups is 1. The van der Waals surface area contributed by atoms with Crippen LogP contribution in [-0.4, -0.2) is 68.9 Å². The summed E-state index contributed by atoms with van der Waals surface area (Å²) in [6.07, 6.45) is 0.574. The van der Waals surface area contributed by atoms with Crippen LogP contribution in [0.3, 0.4) is 0 Å². The van der Waals surface area contributed by atoms with Crippen molar-refractivity contribution in [3.05, 3.63) is 140 Å². The van der Waals surface area contributed by atoms with Crippen LogP contribution in [-0.2, 0) is 33.0 Å². The van der Waals surface area contributed by atoms with Gasteiger partial charge >= 0.3 is 0 Å². The maximum atomic E-state index is 14.9. The van der Waals surface area contributed by atoms with Crippen molar-refractivity contribution in [2.24, 2.45) is 5.92 Å². The maximum Gasteiger partial charge on any atom is 0.279 e.